The summed E-state index contributed by atoms with van der Waals surface area (Å²) in [6, 6.07) is 0. The monoisotopic (exact) mass is 304 g/mol. The topological polar surface area (TPSA) is 0 Å². The maximum absolute atomic E-state index is 12.9. The molecule has 72 valence electrons. The zero-order valence-corrected chi connectivity index (χ0v) is 8.75. The third-order valence-corrected chi connectivity index (χ3v) is 3.61. The van der Waals surface area contributed by atoms with Gasteiger partial charge in [-0.3, -0.25) is 0 Å². The number of benzene rings is 1. The summed E-state index contributed by atoms with van der Waals surface area (Å²) in [4.78, 5) is 0. The van der Waals surface area contributed by atoms with Gasteiger partial charge in [0.2, 0.25) is 0 Å². The molecule has 0 saturated carbocycles. The van der Waals surface area contributed by atoms with Crippen LogP contribution in [0.3, 0.4) is 0 Å². The number of hydrogen-bond acceptors (Lipinski definition) is 0. The van der Waals surface area contributed by atoms with Gasteiger partial charge in [-0.1, -0.05) is 25.2 Å². The molecule has 0 N–H and O–H groups in total. The van der Waals surface area contributed by atoms with Crippen LogP contribution in [0.2, 0.25) is 0 Å². The standard InChI is InChI=1S/C8H5F4I/c1-3-4(9)5(10)6(11)7(12)8(3)13-2/h2H2,1H3. The minimum absolute atomic E-state index is 0.116. The van der Waals surface area contributed by atoms with Crippen LogP contribution in [0.4, 0.5) is 17.6 Å². The first kappa shape index (κ1) is 10.6. The average molecular weight is 304 g/mol. The fourth-order valence-electron chi connectivity index (χ4n) is 0.874. The maximum atomic E-state index is 12.9. The highest BCUT2D eigenvalue weighted by atomic mass is 127. The summed E-state index contributed by atoms with van der Waals surface area (Å²) in [6.45, 7) is 1.21. The number of halogens is 5. The third-order valence-electron chi connectivity index (χ3n) is 1.56. The zero-order chi connectivity index (χ0) is 10.2. The second kappa shape index (κ2) is 3.73. The Kier molecular flexibility index (Phi) is 3.05. The minimum atomic E-state index is -1.75. The molecule has 1 rings (SSSR count). The Morgan fingerprint density at radius 3 is 1.85 bits per heavy atom. The van der Waals surface area contributed by atoms with Gasteiger partial charge >= 0.3 is 0 Å². The van der Waals surface area contributed by atoms with E-state index in [1.54, 1.807) is 0 Å². The average Bonchev–Trinajstić information content (AvgIpc) is 2.13. The van der Waals surface area contributed by atoms with Crippen LogP contribution in [-0.2, 0) is 0 Å². The molecular weight excluding hydrogens is 299 g/mol. The largest absolute Gasteiger partial charge is 0.203 e. The van der Waals surface area contributed by atoms with Crippen molar-refractivity contribution in [3.05, 3.63) is 32.4 Å². The molecule has 0 heterocycles. The number of hydrogen-bond donors (Lipinski definition) is 0. The van der Waals surface area contributed by atoms with Crippen molar-refractivity contribution in [2.45, 2.75) is 6.92 Å². The smallest absolute Gasteiger partial charge is 0.198 e. The van der Waals surface area contributed by atoms with E-state index in [0.29, 0.717) is 0 Å². The summed E-state index contributed by atoms with van der Waals surface area (Å²) in [5.74, 6) is -6.13. The van der Waals surface area contributed by atoms with Crippen molar-refractivity contribution in [2.75, 3.05) is 0 Å². The molecule has 0 unspecified atom stereocenters. The van der Waals surface area contributed by atoms with Gasteiger partial charge < -0.3 is 0 Å². The molecule has 0 atom stereocenters. The van der Waals surface area contributed by atoms with Crippen molar-refractivity contribution in [1.29, 1.82) is 0 Å². The quantitative estimate of drug-likeness (QED) is 0.324. The van der Waals surface area contributed by atoms with E-state index in [1.807, 2.05) is 0 Å². The van der Waals surface area contributed by atoms with Crippen LogP contribution in [0.15, 0.2) is 0 Å². The SMILES string of the molecule is C=Ic1c(C)c(F)c(F)c(F)c1F. The summed E-state index contributed by atoms with van der Waals surface area (Å²) in [5.41, 5.74) is -0.181. The van der Waals surface area contributed by atoms with E-state index in [2.05, 4.69) is 4.51 Å². The summed E-state index contributed by atoms with van der Waals surface area (Å²) >= 11 is -1.05. The van der Waals surface area contributed by atoms with E-state index in [0.717, 1.165) is 0 Å². The first-order valence-corrected chi connectivity index (χ1v) is 5.82. The van der Waals surface area contributed by atoms with Crippen molar-refractivity contribution in [3.63, 3.8) is 0 Å². The molecule has 5 heteroatoms. The molecule has 0 aliphatic carbocycles. The summed E-state index contributed by atoms with van der Waals surface area (Å²) in [6.07, 6.45) is 0. The van der Waals surface area contributed by atoms with Crippen molar-refractivity contribution >= 4 is 25.2 Å². The van der Waals surface area contributed by atoms with Gasteiger partial charge in [-0.15, -0.1) is 0 Å². The van der Waals surface area contributed by atoms with E-state index < -0.39 is 44.0 Å². The van der Waals surface area contributed by atoms with E-state index in [1.165, 1.54) is 6.92 Å². The molecule has 0 aliphatic heterocycles. The van der Waals surface area contributed by atoms with Crippen LogP contribution in [-0.4, -0.2) is 4.51 Å². The Morgan fingerprint density at radius 2 is 1.38 bits per heavy atom. The highest BCUT2D eigenvalue weighted by Crippen LogP contribution is 2.26. The first-order chi connectivity index (χ1) is 6.00. The van der Waals surface area contributed by atoms with E-state index >= 15 is 0 Å². The van der Waals surface area contributed by atoms with Gasteiger partial charge in [-0.05, 0) is 6.92 Å². The molecule has 1 aromatic rings. The molecule has 0 saturated heterocycles. The van der Waals surface area contributed by atoms with Crippen molar-refractivity contribution in [2.24, 2.45) is 0 Å². The van der Waals surface area contributed by atoms with Gasteiger partial charge in [0.25, 0.3) is 0 Å². The molecule has 1 aromatic carbocycles. The molecule has 0 aliphatic rings. The molecule has 0 bridgehead atoms. The van der Waals surface area contributed by atoms with Gasteiger partial charge in [0.05, 0.1) is 3.57 Å². The van der Waals surface area contributed by atoms with Crippen LogP contribution in [0.5, 0.6) is 0 Å². The Labute approximate surface area is 82.3 Å². The van der Waals surface area contributed by atoms with E-state index in [4.69, 9.17) is 0 Å². The second-order valence-electron chi connectivity index (χ2n) is 2.33. The van der Waals surface area contributed by atoms with E-state index in [-0.39, 0.29) is 9.13 Å². The van der Waals surface area contributed by atoms with Gasteiger partial charge in [-0.2, -0.15) is 0 Å². The Balaban J connectivity index is 3.66. The fraction of sp³-hybridized carbons (Fsp3) is 0.125. The lowest BCUT2D eigenvalue weighted by Crippen LogP contribution is -2.02. The Hall–Kier alpha value is -0.460. The zero-order valence-electron chi connectivity index (χ0n) is 6.60. The van der Waals surface area contributed by atoms with Gasteiger partial charge in [0.15, 0.2) is 23.3 Å². The molecular formula is C8H5F4I. The predicted molar refractivity (Wildman–Crippen MR) is 50.8 cm³/mol. The fourth-order valence-corrected chi connectivity index (χ4v) is 2.25. The third kappa shape index (κ3) is 1.61. The molecule has 0 radical (unpaired) electrons. The minimum Gasteiger partial charge on any atom is -0.203 e. The van der Waals surface area contributed by atoms with E-state index in [9.17, 15) is 17.6 Å². The first-order valence-electron chi connectivity index (χ1n) is 3.21. The van der Waals surface area contributed by atoms with Crippen LogP contribution in [0.25, 0.3) is 0 Å². The predicted octanol–water partition coefficient (Wildman–Crippen LogP) is 3.12. The van der Waals surface area contributed by atoms with Gasteiger partial charge in [0.1, 0.15) is 0 Å². The highest BCUT2D eigenvalue weighted by molar-refractivity contribution is 14.2. The lowest BCUT2D eigenvalue weighted by atomic mass is 10.2. The van der Waals surface area contributed by atoms with Crippen LogP contribution in [0.1, 0.15) is 5.56 Å². The summed E-state index contributed by atoms with van der Waals surface area (Å²) in [5, 5.41) is 0. The van der Waals surface area contributed by atoms with Crippen LogP contribution in [0, 0.1) is 33.8 Å². The lowest BCUT2D eigenvalue weighted by Gasteiger charge is -2.05. The lowest BCUT2D eigenvalue weighted by molar-refractivity contribution is 0.402. The van der Waals surface area contributed by atoms with Crippen molar-refractivity contribution < 1.29 is 17.6 Å². The van der Waals surface area contributed by atoms with Gasteiger partial charge in [-0.25, -0.2) is 17.6 Å². The highest BCUT2D eigenvalue weighted by Gasteiger charge is 2.21. The Morgan fingerprint density at radius 1 is 0.923 bits per heavy atom. The summed E-state index contributed by atoms with van der Waals surface area (Å²) in [7, 11) is 0. The molecule has 0 amide bonds. The van der Waals surface area contributed by atoms with Gasteiger partial charge in [0, 0.05) is 5.56 Å². The molecule has 13 heavy (non-hydrogen) atoms. The van der Waals surface area contributed by atoms with Crippen LogP contribution < -0.4 is 0 Å². The van der Waals surface area contributed by atoms with Crippen LogP contribution >= 0.6 is 20.7 Å². The second-order valence-corrected chi connectivity index (χ2v) is 4.17. The Bertz CT molecular complexity index is 344. The summed E-state index contributed by atoms with van der Waals surface area (Å²) < 4.78 is 54.2. The normalized spacial score (nSPS) is 10.5. The number of rotatable bonds is 1. The maximum Gasteiger partial charge on any atom is 0.198 e. The van der Waals surface area contributed by atoms with Crippen molar-refractivity contribution in [1.82, 2.24) is 0 Å². The molecule has 0 aromatic heterocycles. The molecule has 0 spiro atoms. The molecule has 0 nitrogen and oxygen atoms in total. The van der Waals surface area contributed by atoms with Crippen molar-refractivity contribution in [3.8, 4) is 0 Å². The molecule has 0 fully saturated rings.